The van der Waals surface area contributed by atoms with Crippen LogP contribution in [0, 0.1) is 0 Å². The van der Waals surface area contributed by atoms with E-state index in [0.29, 0.717) is 5.56 Å². The Kier molecular flexibility index (Phi) is 6.76. The number of carbonyl (C=O) groups is 3. The number of benzene rings is 1. The zero-order valence-electron chi connectivity index (χ0n) is 14.9. The van der Waals surface area contributed by atoms with Crippen LogP contribution in [0.15, 0.2) is 18.2 Å². The summed E-state index contributed by atoms with van der Waals surface area (Å²) in [6.45, 7) is 5.16. The van der Waals surface area contributed by atoms with Gasteiger partial charge < -0.3 is 19.7 Å². The van der Waals surface area contributed by atoms with Gasteiger partial charge in [0, 0.05) is 19.7 Å². The average molecular weight is 336 g/mol. The lowest BCUT2D eigenvalue weighted by Gasteiger charge is -2.18. The average Bonchev–Trinajstić information content (AvgIpc) is 2.52. The minimum absolute atomic E-state index is 0.181. The molecule has 0 radical (unpaired) electrons. The Morgan fingerprint density at radius 2 is 1.75 bits per heavy atom. The first kappa shape index (κ1) is 19.5. The molecule has 0 saturated heterocycles. The van der Waals surface area contributed by atoms with E-state index in [1.54, 1.807) is 20.2 Å². The van der Waals surface area contributed by atoms with Gasteiger partial charge in [-0.1, -0.05) is 0 Å². The van der Waals surface area contributed by atoms with Gasteiger partial charge in [-0.3, -0.25) is 9.59 Å². The molecule has 132 valence electrons. The van der Waals surface area contributed by atoms with Crippen LogP contribution in [0.3, 0.4) is 0 Å². The van der Waals surface area contributed by atoms with Crippen molar-refractivity contribution in [1.29, 1.82) is 0 Å². The molecule has 0 spiro atoms. The molecule has 1 N–H and O–H groups in total. The zero-order valence-corrected chi connectivity index (χ0v) is 14.9. The van der Waals surface area contributed by atoms with Crippen LogP contribution in [-0.4, -0.2) is 56.0 Å². The van der Waals surface area contributed by atoms with Crippen LogP contribution in [0.2, 0.25) is 0 Å². The van der Waals surface area contributed by atoms with Crippen molar-refractivity contribution < 1.29 is 23.9 Å². The van der Waals surface area contributed by atoms with Gasteiger partial charge in [-0.2, -0.15) is 0 Å². The van der Waals surface area contributed by atoms with Crippen LogP contribution >= 0.6 is 0 Å². The second-order valence-electron chi connectivity index (χ2n) is 5.80. The highest BCUT2D eigenvalue weighted by Crippen LogP contribution is 2.23. The fraction of sp³-hybridized carbons (Fsp3) is 0.471. The minimum atomic E-state index is -0.794. The van der Waals surface area contributed by atoms with Crippen molar-refractivity contribution in [3.05, 3.63) is 29.3 Å². The first-order valence-electron chi connectivity index (χ1n) is 7.58. The number of ether oxygens (including phenoxy) is 2. The predicted molar refractivity (Wildman–Crippen MR) is 89.2 cm³/mol. The molecule has 0 bridgehead atoms. The van der Waals surface area contributed by atoms with Crippen molar-refractivity contribution in [1.82, 2.24) is 10.2 Å². The number of methoxy groups -OCH3 is 1. The molecule has 2 amide bonds. The second kappa shape index (κ2) is 8.33. The molecular weight excluding hydrogens is 312 g/mol. The normalized spacial score (nSPS) is 11.6. The first-order valence-corrected chi connectivity index (χ1v) is 7.58. The Labute approximate surface area is 141 Å². The highest BCUT2D eigenvalue weighted by atomic mass is 16.5. The van der Waals surface area contributed by atoms with Gasteiger partial charge in [0.05, 0.1) is 18.8 Å². The van der Waals surface area contributed by atoms with Crippen molar-refractivity contribution in [2.24, 2.45) is 0 Å². The van der Waals surface area contributed by atoms with Crippen molar-refractivity contribution >= 4 is 17.8 Å². The highest BCUT2D eigenvalue weighted by molar-refractivity contribution is 6.01. The van der Waals surface area contributed by atoms with E-state index in [1.807, 2.05) is 13.8 Å². The zero-order chi connectivity index (χ0) is 18.4. The molecule has 0 saturated carbocycles. The molecular formula is C17H24N2O5. The molecule has 24 heavy (non-hydrogen) atoms. The lowest BCUT2D eigenvalue weighted by Crippen LogP contribution is -2.39. The molecule has 1 aromatic carbocycles. The van der Waals surface area contributed by atoms with Gasteiger partial charge in [-0.15, -0.1) is 0 Å². The van der Waals surface area contributed by atoms with E-state index in [9.17, 15) is 14.4 Å². The molecule has 0 aromatic heterocycles. The molecule has 0 heterocycles. The summed E-state index contributed by atoms with van der Waals surface area (Å²) < 4.78 is 10.2. The number of hydrogen-bond donors (Lipinski definition) is 1. The van der Waals surface area contributed by atoms with Crippen LogP contribution < -0.4 is 10.1 Å². The Bertz CT molecular complexity index is 625. The maximum Gasteiger partial charge on any atom is 0.328 e. The molecule has 7 heteroatoms. The molecule has 7 nitrogen and oxygen atoms in total. The number of amides is 2. The molecule has 1 aromatic rings. The largest absolute Gasteiger partial charge is 0.490 e. The summed E-state index contributed by atoms with van der Waals surface area (Å²) in [5.41, 5.74) is 0.656. The SMILES string of the molecule is COC(=O)C(C)NC(=O)c1ccc(C(=O)N(C)C)cc1OC(C)C. The van der Waals surface area contributed by atoms with E-state index in [0.717, 1.165) is 0 Å². The molecule has 1 atom stereocenters. The van der Waals surface area contributed by atoms with Crippen molar-refractivity contribution in [2.45, 2.75) is 32.9 Å². The van der Waals surface area contributed by atoms with E-state index in [2.05, 4.69) is 10.1 Å². The van der Waals surface area contributed by atoms with Crippen LogP contribution in [0.5, 0.6) is 5.75 Å². The summed E-state index contributed by atoms with van der Waals surface area (Å²) in [4.78, 5) is 37.4. The number of nitrogens with zero attached hydrogens (tertiary/aromatic N) is 1. The Morgan fingerprint density at radius 1 is 1.12 bits per heavy atom. The summed E-state index contributed by atoms with van der Waals surface area (Å²) in [5, 5.41) is 2.54. The fourth-order valence-corrected chi connectivity index (χ4v) is 1.96. The maximum atomic E-state index is 12.4. The van der Waals surface area contributed by atoms with Gasteiger partial charge >= 0.3 is 5.97 Å². The monoisotopic (exact) mass is 336 g/mol. The summed E-state index contributed by atoms with van der Waals surface area (Å²) in [6.07, 6.45) is -0.181. The number of nitrogens with one attached hydrogen (secondary N) is 1. The van der Waals surface area contributed by atoms with Crippen LogP contribution in [0.4, 0.5) is 0 Å². The third-order valence-electron chi connectivity index (χ3n) is 3.14. The van der Waals surface area contributed by atoms with Gasteiger partial charge in [0.15, 0.2) is 0 Å². The van der Waals surface area contributed by atoms with Gasteiger partial charge in [-0.25, -0.2) is 4.79 Å². The summed E-state index contributed by atoms with van der Waals surface area (Å²) in [5.74, 6) is -0.938. The van der Waals surface area contributed by atoms with E-state index < -0.39 is 17.9 Å². The van der Waals surface area contributed by atoms with Crippen molar-refractivity contribution in [3.8, 4) is 5.75 Å². The van der Waals surface area contributed by atoms with Gasteiger partial charge in [0.25, 0.3) is 11.8 Å². The molecule has 0 aliphatic heterocycles. The van der Waals surface area contributed by atoms with Crippen LogP contribution in [-0.2, 0) is 9.53 Å². The molecule has 1 rings (SSSR count). The highest BCUT2D eigenvalue weighted by Gasteiger charge is 2.21. The Balaban J connectivity index is 3.14. The van der Waals surface area contributed by atoms with Gasteiger partial charge in [0.2, 0.25) is 0 Å². The van der Waals surface area contributed by atoms with E-state index >= 15 is 0 Å². The summed E-state index contributed by atoms with van der Waals surface area (Å²) in [7, 11) is 4.54. The molecule has 0 aliphatic rings. The van der Waals surface area contributed by atoms with Gasteiger partial charge in [-0.05, 0) is 39.0 Å². The number of esters is 1. The Morgan fingerprint density at radius 3 is 2.25 bits per heavy atom. The van der Waals surface area contributed by atoms with E-state index in [4.69, 9.17) is 4.74 Å². The summed E-state index contributed by atoms with van der Waals surface area (Å²) >= 11 is 0. The van der Waals surface area contributed by atoms with Crippen molar-refractivity contribution in [2.75, 3.05) is 21.2 Å². The summed E-state index contributed by atoms with van der Waals surface area (Å²) in [6, 6.07) is 3.79. The van der Waals surface area contributed by atoms with Crippen LogP contribution in [0.25, 0.3) is 0 Å². The smallest absolute Gasteiger partial charge is 0.328 e. The van der Waals surface area contributed by atoms with Crippen molar-refractivity contribution in [3.63, 3.8) is 0 Å². The lowest BCUT2D eigenvalue weighted by atomic mass is 10.1. The fourth-order valence-electron chi connectivity index (χ4n) is 1.96. The number of rotatable bonds is 6. The standard InChI is InChI=1S/C17H24N2O5/c1-10(2)24-14-9-12(16(21)19(4)5)7-8-13(14)15(20)18-11(3)17(22)23-6/h7-11H,1-6H3,(H,18,20). The first-order chi connectivity index (χ1) is 11.2. The molecule has 1 unspecified atom stereocenters. The van der Waals surface area contributed by atoms with E-state index in [1.165, 1.54) is 31.1 Å². The van der Waals surface area contributed by atoms with Gasteiger partial charge in [0.1, 0.15) is 11.8 Å². The Hall–Kier alpha value is -2.57. The molecule has 0 fully saturated rings. The third-order valence-corrected chi connectivity index (χ3v) is 3.14. The van der Waals surface area contributed by atoms with E-state index in [-0.39, 0.29) is 23.3 Å². The quantitative estimate of drug-likeness (QED) is 0.795. The number of hydrogen-bond acceptors (Lipinski definition) is 5. The molecule has 0 aliphatic carbocycles. The predicted octanol–water partition coefficient (Wildman–Crippen LogP) is 1.47. The third kappa shape index (κ3) is 4.97. The second-order valence-corrected chi connectivity index (χ2v) is 5.80. The maximum absolute atomic E-state index is 12.4. The van der Waals surface area contributed by atoms with Crippen LogP contribution in [0.1, 0.15) is 41.5 Å². The topological polar surface area (TPSA) is 84.9 Å². The number of carbonyl (C=O) groups excluding carboxylic acids is 3. The lowest BCUT2D eigenvalue weighted by molar-refractivity contribution is -0.142. The minimum Gasteiger partial charge on any atom is -0.490 e.